The number of aromatic nitrogens is 2. The fraction of sp³-hybridized carbons (Fsp3) is 0.533. The fourth-order valence-corrected chi connectivity index (χ4v) is 3.02. The van der Waals surface area contributed by atoms with Gasteiger partial charge < -0.3 is 5.32 Å². The van der Waals surface area contributed by atoms with Crippen molar-refractivity contribution in [2.45, 2.75) is 38.6 Å². The van der Waals surface area contributed by atoms with Gasteiger partial charge in [-0.05, 0) is 49.2 Å². The molecule has 0 spiro atoms. The summed E-state index contributed by atoms with van der Waals surface area (Å²) in [5.41, 5.74) is 1.33. The zero-order valence-electron chi connectivity index (χ0n) is 11.8. The first-order valence-corrected chi connectivity index (χ1v) is 7.89. The number of rotatable bonds is 8. The summed E-state index contributed by atoms with van der Waals surface area (Å²) in [6.45, 7) is 3.32. The molecule has 1 N–H and O–H groups in total. The molecule has 0 amide bonds. The van der Waals surface area contributed by atoms with Crippen LogP contribution in [0.5, 0.6) is 0 Å². The summed E-state index contributed by atoms with van der Waals surface area (Å²) in [6, 6.07) is 4.94. The zero-order valence-corrected chi connectivity index (χ0v) is 12.6. The monoisotopic (exact) mass is 277 g/mol. The van der Waals surface area contributed by atoms with Crippen LogP contribution in [0.15, 0.2) is 29.9 Å². The molecule has 1 atom stereocenters. The molecule has 0 saturated carbocycles. The van der Waals surface area contributed by atoms with Gasteiger partial charge in [0, 0.05) is 24.2 Å². The lowest BCUT2D eigenvalue weighted by molar-refractivity contribution is 0.480. The van der Waals surface area contributed by atoms with Crippen molar-refractivity contribution in [3.63, 3.8) is 0 Å². The number of thiophene rings is 1. The molecule has 0 aliphatic carbocycles. The molecule has 0 aliphatic rings. The largest absolute Gasteiger partial charge is 0.314 e. The second kappa shape index (κ2) is 7.46. The van der Waals surface area contributed by atoms with E-state index in [1.807, 2.05) is 29.3 Å². The normalized spacial score (nSPS) is 12.7. The first-order valence-electron chi connectivity index (χ1n) is 7.01. The van der Waals surface area contributed by atoms with E-state index in [4.69, 9.17) is 0 Å². The highest BCUT2D eigenvalue weighted by atomic mass is 32.1. The van der Waals surface area contributed by atoms with Crippen molar-refractivity contribution in [1.29, 1.82) is 0 Å². The number of hydrogen-bond acceptors (Lipinski definition) is 3. The average Bonchev–Trinajstić information content (AvgIpc) is 3.04. The van der Waals surface area contributed by atoms with Gasteiger partial charge in [0.25, 0.3) is 0 Å². The molecular formula is C15H23N3S. The van der Waals surface area contributed by atoms with Crippen molar-refractivity contribution in [1.82, 2.24) is 15.1 Å². The molecule has 0 bridgehead atoms. The Hall–Kier alpha value is -1.13. The van der Waals surface area contributed by atoms with Gasteiger partial charge in [0.1, 0.15) is 0 Å². The number of hydrogen-bond donors (Lipinski definition) is 1. The quantitative estimate of drug-likeness (QED) is 0.804. The molecule has 19 heavy (non-hydrogen) atoms. The SMILES string of the molecule is CCCNC(CCc1cnn(C)c1)Cc1cccs1. The van der Waals surface area contributed by atoms with E-state index in [2.05, 4.69) is 41.0 Å². The molecule has 0 aliphatic heterocycles. The van der Waals surface area contributed by atoms with Crippen LogP contribution in [0.25, 0.3) is 0 Å². The van der Waals surface area contributed by atoms with Gasteiger partial charge >= 0.3 is 0 Å². The molecule has 2 aromatic heterocycles. The van der Waals surface area contributed by atoms with E-state index < -0.39 is 0 Å². The lowest BCUT2D eigenvalue weighted by Crippen LogP contribution is -2.32. The molecule has 4 heteroatoms. The molecule has 0 aromatic carbocycles. The van der Waals surface area contributed by atoms with Crippen molar-refractivity contribution in [2.75, 3.05) is 6.54 Å². The highest BCUT2D eigenvalue weighted by Gasteiger charge is 2.10. The van der Waals surface area contributed by atoms with Crippen molar-refractivity contribution >= 4 is 11.3 Å². The predicted molar refractivity (Wildman–Crippen MR) is 81.6 cm³/mol. The molecule has 3 nitrogen and oxygen atoms in total. The minimum Gasteiger partial charge on any atom is -0.314 e. The fourth-order valence-electron chi connectivity index (χ4n) is 2.24. The maximum absolute atomic E-state index is 4.23. The van der Waals surface area contributed by atoms with E-state index in [1.54, 1.807) is 0 Å². The van der Waals surface area contributed by atoms with Crippen LogP contribution in [0, 0.1) is 0 Å². The molecule has 0 fully saturated rings. The third-order valence-corrected chi connectivity index (χ3v) is 4.15. The summed E-state index contributed by atoms with van der Waals surface area (Å²) >= 11 is 1.85. The van der Waals surface area contributed by atoms with Crippen LogP contribution in [0.3, 0.4) is 0 Å². The van der Waals surface area contributed by atoms with Crippen LogP contribution >= 0.6 is 11.3 Å². The first kappa shape index (κ1) is 14.3. The van der Waals surface area contributed by atoms with E-state index in [-0.39, 0.29) is 0 Å². The van der Waals surface area contributed by atoms with Gasteiger partial charge in [-0.15, -0.1) is 11.3 Å². The topological polar surface area (TPSA) is 29.9 Å². The highest BCUT2D eigenvalue weighted by Crippen LogP contribution is 2.14. The standard InChI is InChI=1S/C15H23N3S/c1-3-8-16-14(10-15-5-4-9-19-15)7-6-13-11-17-18(2)12-13/h4-5,9,11-12,14,16H,3,6-8,10H2,1-2H3. The average molecular weight is 277 g/mol. The minimum absolute atomic E-state index is 0.568. The van der Waals surface area contributed by atoms with Crippen LogP contribution in [0.4, 0.5) is 0 Å². The van der Waals surface area contributed by atoms with E-state index in [1.165, 1.54) is 23.3 Å². The van der Waals surface area contributed by atoms with Crippen LogP contribution in [-0.4, -0.2) is 22.4 Å². The summed E-state index contributed by atoms with van der Waals surface area (Å²) < 4.78 is 1.88. The predicted octanol–water partition coefficient (Wildman–Crippen LogP) is 3.03. The second-order valence-corrected chi connectivity index (χ2v) is 6.03. The summed E-state index contributed by atoms with van der Waals surface area (Å²) in [4.78, 5) is 1.47. The number of nitrogens with zero attached hydrogens (tertiary/aromatic N) is 2. The number of nitrogens with one attached hydrogen (secondary N) is 1. The van der Waals surface area contributed by atoms with Gasteiger partial charge in [-0.2, -0.15) is 5.10 Å². The minimum atomic E-state index is 0.568. The van der Waals surface area contributed by atoms with E-state index in [0.29, 0.717) is 6.04 Å². The Morgan fingerprint density at radius 2 is 2.37 bits per heavy atom. The Labute approximate surface area is 119 Å². The van der Waals surface area contributed by atoms with Crippen LogP contribution in [-0.2, 0) is 19.9 Å². The molecule has 104 valence electrons. The summed E-state index contributed by atoms with van der Waals surface area (Å²) in [5.74, 6) is 0. The molecular weight excluding hydrogens is 254 g/mol. The van der Waals surface area contributed by atoms with Gasteiger partial charge in [-0.1, -0.05) is 13.0 Å². The Bertz CT molecular complexity index is 461. The molecule has 1 unspecified atom stereocenters. The summed E-state index contributed by atoms with van der Waals surface area (Å²) in [7, 11) is 1.97. The Balaban J connectivity index is 1.86. The Morgan fingerprint density at radius 3 is 3.00 bits per heavy atom. The third-order valence-electron chi connectivity index (χ3n) is 3.25. The van der Waals surface area contributed by atoms with Crippen LogP contribution < -0.4 is 5.32 Å². The second-order valence-electron chi connectivity index (χ2n) is 5.00. The van der Waals surface area contributed by atoms with E-state index >= 15 is 0 Å². The van der Waals surface area contributed by atoms with Crippen molar-refractivity contribution in [3.8, 4) is 0 Å². The summed E-state index contributed by atoms with van der Waals surface area (Å²) in [6.07, 6.45) is 8.68. The van der Waals surface area contributed by atoms with E-state index in [0.717, 1.165) is 19.4 Å². The van der Waals surface area contributed by atoms with Crippen LogP contribution in [0.1, 0.15) is 30.2 Å². The smallest absolute Gasteiger partial charge is 0.0521 e. The van der Waals surface area contributed by atoms with Crippen LogP contribution in [0.2, 0.25) is 0 Å². The van der Waals surface area contributed by atoms with Gasteiger partial charge in [0.2, 0.25) is 0 Å². The maximum Gasteiger partial charge on any atom is 0.0521 e. The lowest BCUT2D eigenvalue weighted by atomic mass is 10.0. The van der Waals surface area contributed by atoms with Gasteiger partial charge in [0.05, 0.1) is 6.20 Å². The molecule has 0 radical (unpaired) electrons. The molecule has 2 rings (SSSR count). The zero-order chi connectivity index (χ0) is 13.5. The first-order chi connectivity index (χ1) is 9.28. The van der Waals surface area contributed by atoms with Crippen molar-refractivity contribution < 1.29 is 0 Å². The molecule has 0 saturated heterocycles. The highest BCUT2D eigenvalue weighted by molar-refractivity contribution is 7.09. The third kappa shape index (κ3) is 4.80. The summed E-state index contributed by atoms with van der Waals surface area (Å²) in [5, 5.41) is 10.1. The Morgan fingerprint density at radius 1 is 1.47 bits per heavy atom. The van der Waals surface area contributed by atoms with Gasteiger partial charge in [-0.25, -0.2) is 0 Å². The lowest BCUT2D eigenvalue weighted by Gasteiger charge is -2.17. The van der Waals surface area contributed by atoms with Gasteiger partial charge in [-0.3, -0.25) is 4.68 Å². The van der Waals surface area contributed by atoms with Crippen molar-refractivity contribution in [3.05, 3.63) is 40.3 Å². The Kier molecular flexibility index (Phi) is 5.61. The van der Waals surface area contributed by atoms with E-state index in [9.17, 15) is 0 Å². The van der Waals surface area contributed by atoms with Crippen molar-refractivity contribution in [2.24, 2.45) is 7.05 Å². The molecule has 2 aromatic rings. The number of aryl methyl sites for hydroxylation is 2. The molecule has 2 heterocycles. The maximum atomic E-state index is 4.23. The van der Waals surface area contributed by atoms with Gasteiger partial charge in [0.15, 0.2) is 0 Å².